The molecule has 0 amide bonds. The lowest BCUT2D eigenvalue weighted by Crippen LogP contribution is -1.90. The number of benzene rings is 1. The Morgan fingerprint density at radius 1 is 1.28 bits per heavy atom. The molecule has 0 unspecified atom stereocenters. The van der Waals surface area contributed by atoms with Gasteiger partial charge < -0.3 is 0 Å². The van der Waals surface area contributed by atoms with Gasteiger partial charge in [-0.05, 0) is 24.3 Å². The molecule has 96 valence electrons. The number of thiophene rings is 1. The van der Waals surface area contributed by atoms with Crippen LogP contribution in [-0.2, 0) is 0 Å². The van der Waals surface area contributed by atoms with E-state index >= 15 is 0 Å². The minimum Gasteiger partial charge on any atom is -0.258 e. The molecule has 6 heteroatoms. The summed E-state index contributed by atoms with van der Waals surface area (Å²) < 4.78 is 1.30. The maximum atomic E-state index is 10.9. The second kappa shape index (κ2) is 6.87. The van der Waals surface area contributed by atoms with Crippen LogP contribution in [0.3, 0.4) is 0 Å². The van der Waals surface area contributed by atoms with E-state index in [2.05, 4.69) is 15.9 Å². The molecule has 2 rings (SSSR count). The van der Waals surface area contributed by atoms with Gasteiger partial charge in [-0.25, -0.2) is 0 Å². The summed E-state index contributed by atoms with van der Waals surface area (Å²) in [6, 6.07) is 8.49. The lowest BCUT2D eigenvalue weighted by atomic mass is 10.1. The van der Waals surface area contributed by atoms with Gasteiger partial charge in [0.25, 0.3) is 5.69 Å². The van der Waals surface area contributed by atoms with Crippen LogP contribution in [0, 0.1) is 10.1 Å². The van der Waals surface area contributed by atoms with E-state index in [1.54, 1.807) is 24.3 Å². The van der Waals surface area contributed by atoms with Crippen molar-refractivity contribution < 1.29 is 4.92 Å². The highest BCUT2D eigenvalue weighted by Crippen LogP contribution is 2.37. The van der Waals surface area contributed by atoms with Gasteiger partial charge in [0.15, 0.2) is 0 Å². The first-order valence-electron chi connectivity index (χ1n) is 5.27. The van der Waals surface area contributed by atoms with E-state index in [1.165, 1.54) is 17.4 Å². The Hall–Kier alpha value is -0.910. The molecule has 0 N–H and O–H groups in total. The first-order valence-corrected chi connectivity index (χ1v) is 7.26. The van der Waals surface area contributed by atoms with Gasteiger partial charge in [0, 0.05) is 15.4 Å². The smallest absolute Gasteiger partial charge is 0.258 e. The average Bonchev–Trinajstić information content (AvgIpc) is 2.78. The fourth-order valence-electron chi connectivity index (χ4n) is 1.32. The summed E-state index contributed by atoms with van der Waals surface area (Å²) in [4.78, 5) is 11.3. The lowest BCUT2D eigenvalue weighted by Gasteiger charge is -2.00. The van der Waals surface area contributed by atoms with Gasteiger partial charge in [-0.3, -0.25) is 10.1 Å². The van der Waals surface area contributed by atoms with E-state index in [1.807, 2.05) is 13.8 Å². The monoisotopic (exact) mass is 347 g/mol. The summed E-state index contributed by atoms with van der Waals surface area (Å²) in [6.45, 7) is 4.00. The molecule has 0 radical (unpaired) electrons. The summed E-state index contributed by atoms with van der Waals surface area (Å²) in [6.07, 6.45) is 0. The summed E-state index contributed by atoms with van der Waals surface area (Å²) in [5.41, 5.74) is 0.665. The fourth-order valence-corrected chi connectivity index (χ4v) is 2.75. The topological polar surface area (TPSA) is 43.1 Å². The molecular weight excluding hydrogens is 338 g/mol. The largest absolute Gasteiger partial charge is 0.279 e. The predicted octanol–water partition coefficient (Wildman–Crippen LogP) is 5.77. The zero-order valence-electron chi connectivity index (χ0n) is 9.81. The predicted molar refractivity (Wildman–Crippen MR) is 80.5 cm³/mol. The van der Waals surface area contributed by atoms with Crippen LogP contribution >= 0.6 is 38.9 Å². The van der Waals surface area contributed by atoms with Crippen LogP contribution in [0.25, 0.3) is 10.4 Å². The highest BCUT2D eigenvalue weighted by molar-refractivity contribution is 9.10. The molecule has 0 saturated carbocycles. The van der Waals surface area contributed by atoms with Crippen molar-refractivity contribution in [3.63, 3.8) is 0 Å². The molecule has 0 spiro atoms. The third-order valence-corrected chi connectivity index (χ3v) is 3.75. The lowest BCUT2D eigenvalue weighted by molar-refractivity contribution is -0.384. The van der Waals surface area contributed by atoms with E-state index < -0.39 is 4.92 Å². The van der Waals surface area contributed by atoms with Crippen LogP contribution < -0.4 is 0 Å². The van der Waals surface area contributed by atoms with E-state index in [0.29, 0.717) is 14.4 Å². The number of rotatable bonds is 2. The van der Waals surface area contributed by atoms with Crippen molar-refractivity contribution >= 4 is 44.6 Å². The first-order chi connectivity index (χ1) is 8.58. The van der Waals surface area contributed by atoms with Crippen LogP contribution in [0.1, 0.15) is 13.8 Å². The van der Waals surface area contributed by atoms with Crippen molar-refractivity contribution in [2.45, 2.75) is 13.8 Å². The molecule has 0 aliphatic carbocycles. The number of nitro benzene ring substituents is 1. The van der Waals surface area contributed by atoms with Crippen molar-refractivity contribution in [2.75, 3.05) is 0 Å². The summed E-state index contributed by atoms with van der Waals surface area (Å²) in [7, 11) is 0. The average molecular weight is 349 g/mol. The van der Waals surface area contributed by atoms with E-state index in [0.717, 1.165) is 4.88 Å². The molecule has 1 aromatic carbocycles. The normalized spacial score (nSPS) is 9.56. The Labute approximate surface area is 123 Å². The third-order valence-electron chi connectivity index (χ3n) is 2.00. The van der Waals surface area contributed by atoms with Gasteiger partial charge in [0.2, 0.25) is 0 Å². The molecule has 0 atom stereocenters. The Bertz CT molecular complexity index is 557. The Balaban J connectivity index is 0.000000771. The van der Waals surface area contributed by atoms with Gasteiger partial charge in [0.1, 0.15) is 0 Å². The highest BCUT2D eigenvalue weighted by Gasteiger charge is 2.16. The molecular formula is C12H11BrClNO2S. The molecule has 0 aliphatic rings. The molecule has 0 bridgehead atoms. The third kappa shape index (κ3) is 3.54. The SMILES string of the molecule is CC.O=[N+]([O-])c1cc(Br)ccc1-c1ccc(Cl)s1. The first kappa shape index (κ1) is 15.1. The maximum Gasteiger partial charge on any atom is 0.279 e. The molecule has 0 aliphatic heterocycles. The van der Waals surface area contributed by atoms with Gasteiger partial charge in [0.05, 0.1) is 14.8 Å². The van der Waals surface area contributed by atoms with Crippen molar-refractivity contribution in [1.29, 1.82) is 0 Å². The molecule has 0 saturated heterocycles. The zero-order chi connectivity index (χ0) is 13.7. The summed E-state index contributed by atoms with van der Waals surface area (Å²) in [5.74, 6) is 0. The molecule has 1 heterocycles. The fraction of sp³-hybridized carbons (Fsp3) is 0.167. The number of nitrogens with zero attached hydrogens (tertiary/aromatic N) is 1. The number of halogens is 2. The van der Waals surface area contributed by atoms with Gasteiger partial charge in [-0.1, -0.05) is 41.4 Å². The van der Waals surface area contributed by atoms with Crippen molar-refractivity contribution in [3.8, 4) is 10.4 Å². The zero-order valence-corrected chi connectivity index (χ0v) is 13.0. The van der Waals surface area contributed by atoms with Gasteiger partial charge in [-0.2, -0.15) is 0 Å². The Kier molecular flexibility index (Phi) is 5.78. The minimum absolute atomic E-state index is 0.0768. The van der Waals surface area contributed by atoms with E-state index in [4.69, 9.17) is 11.6 Å². The van der Waals surface area contributed by atoms with Crippen LogP contribution in [0.15, 0.2) is 34.8 Å². The van der Waals surface area contributed by atoms with Crippen LogP contribution in [0.4, 0.5) is 5.69 Å². The molecule has 1 aromatic heterocycles. The van der Waals surface area contributed by atoms with E-state index in [-0.39, 0.29) is 5.69 Å². The highest BCUT2D eigenvalue weighted by atomic mass is 79.9. The second-order valence-corrected chi connectivity index (χ2v) is 5.65. The van der Waals surface area contributed by atoms with Crippen LogP contribution in [0.5, 0.6) is 0 Å². The quantitative estimate of drug-likeness (QED) is 0.511. The minimum atomic E-state index is -0.395. The molecule has 3 nitrogen and oxygen atoms in total. The summed E-state index contributed by atoms with van der Waals surface area (Å²) in [5, 5.41) is 10.9. The van der Waals surface area contributed by atoms with Gasteiger partial charge >= 0.3 is 0 Å². The standard InChI is InChI=1S/C10H5BrClNO2S.C2H6/c11-6-1-2-7(8(5-6)13(14)15)9-3-4-10(12)16-9;1-2/h1-5H;1-2H3. The Morgan fingerprint density at radius 2 is 1.94 bits per heavy atom. The second-order valence-electron chi connectivity index (χ2n) is 3.02. The Morgan fingerprint density at radius 3 is 2.44 bits per heavy atom. The maximum absolute atomic E-state index is 10.9. The molecule has 0 fully saturated rings. The number of hydrogen-bond acceptors (Lipinski definition) is 3. The van der Waals surface area contributed by atoms with Crippen LogP contribution in [-0.4, -0.2) is 4.92 Å². The molecule has 2 aromatic rings. The summed E-state index contributed by atoms with van der Waals surface area (Å²) >= 11 is 10.4. The molecule has 18 heavy (non-hydrogen) atoms. The van der Waals surface area contributed by atoms with Crippen molar-refractivity contribution in [3.05, 3.63) is 49.3 Å². The van der Waals surface area contributed by atoms with Crippen molar-refractivity contribution in [1.82, 2.24) is 0 Å². The van der Waals surface area contributed by atoms with Crippen LogP contribution in [0.2, 0.25) is 4.34 Å². The van der Waals surface area contributed by atoms with Gasteiger partial charge in [-0.15, -0.1) is 11.3 Å². The number of nitro groups is 1. The number of hydrogen-bond donors (Lipinski definition) is 0. The van der Waals surface area contributed by atoms with Crippen molar-refractivity contribution in [2.24, 2.45) is 0 Å². The van der Waals surface area contributed by atoms with E-state index in [9.17, 15) is 10.1 Å².